The number of aromatic nitrogens is 1. The predicted molar refractivity (Wildman–Crippen MR) is 120 cm³/mol. The van der Waals surface area contributed by atoms with E-state index in [1.807, 2.05) is 24.4 Å². The van der Waals surface area contributed by atoms with Crippen molar-refractivity contribution >= 4 is 40.3 Å². The molecule has 0 saturated carbocycles. The number of ether oxygens (including phenoxy) is 2. The summed E-state index contributed by atoms with van der Waals surface area (Å²) in [6.45, 7) is 4.31. The molecule has 3 aliphatic rings. The molecule has 4 nitrogen and oxygen atoms in total. The fourth-order valence-electron chi connectivity index (χ4n) is 4.98. The Morgan fingerprint density at radius 1 is 0.700 bits per heavy atom. The van der Waals surface area contributed by atoms with Crippen LogP contribution in [0.5, 0.6) is 23.0 Å². The van der Waals surface area contributed by atoms with Crippen LogP contribution in [0.1, 0.15) is 11.1 Å². The normalized spacial score (nSPS) is 14.1. The maximum Gasteiger partial charge on any atom is 0.266 e. The van der Waals surface area contributed by atoms with E-state index >= 15 is 0 Å². The lowest BCUT2D eigenvalue weighted by molar-refractivity contribution is 0.464. The monoisotopic (exact) mass is 388 g/mol. The van der Waals surface area contributed by atoms with Gasteiger partial charge in [0, 0.05) is 23.0 Å². The van der Waals surface area contributed by atoms with Crippen molar-refractivity contribution in [1.29, 1.82) is 0 Å². The number of hydrogen-bond donors (Lipinski definition) is 0. The fraction of sp³-hybridized carbons (Fsp3) is 0.0800. The third kappa shape index (κ3) is 1.90. The molecule has 1 aromatic heterocycles. The smallest absolute Gasteiger partial charge is 0.266 e. The summed E-state index contributed by atoms with van der Waals surface area (Å²) in [5.41, 5.74) is 8.10. The lowest BCUT2D eigenvalue weighted by Gasteiger charge is -2.42. The Morgan fingerprint density at radius 2 is 1.23 bits per heavy atom. The second-order valence-corrected chi connectivity index (χ2v) is 8.15. The lowest BCUT2D eigenvalue weighted by Crippen LogP contribution is -2.61. The van der Waals surface area contributed by atoms with Gasteiger partial charge in [0.05, 0.1) is 0 Å². The topological polar surface area (TPSA) is 34.6 Å². The molecule has 0 N–H and O–H groups in total. The van der Waals surface area contributed by atoms with E-state index in [9.17, 15) is 0 Å². The molecule has 0 atom stereocenters. The van der Waals surface area contributed by atoms with Crippen molar-refractivity contribution in [2.75, 3.05) is 4.90 Å². The van der Waals surface area contributed by atoms with Crippen molar-refractivity contribution in [3.05, 3.63) is 78.0 Å². The van der Waals surface area contributed by atoms with Crippen LogP contribution in [0, 0.1) is 13.8 Å². The quantitative estimate of drug-likeness (QED) is 0.395. The van der Waals surface area contributed by atoms with E-state index in [2.05, 4.69) is 61.2 Å². The van der Waals surface area contributed by atoms with Gasteiger partial charge in [-0.3, -0.25) is 4.90 Å². The second kappa shape index (κ2) is 5.45. The Balaban J connectivity index is 1.59. The lowest BCUT2D eigenvalue weighted by atomic mass is 9.33. The minimum Gasteiger partial charge on any atom is -0.458 e. The highest BCUT2D eigenvalue weighted by Crippen LogP contribution is 2.44. The van der Waals surface area contributed by atoms with Gasteiger partial charge in [-0.2, -0.15) is 0 Å². The molecular formula is C25H17BN2O2. The Morgan fingerprint density at radius 3 is 1.80 bits per heavy atom. The number of pyridine rings is 1. The summed E-state index contributed by atoms with van der Waals surface area (Å²) >= 11 is 0. The highest BCUT2D eigenvalue weighted by Gasteiger charge is 2.47. The van der Waals surface area contributed by atoms with Crippen LogP contribution >= 0.6 is 0 Å². The van der Waals surface area contributed by atoms with Gasteiger partial charge in [-0.25, -0.2) is 4.98 Å². The van der Waals surface area contributed by atoms with E-state index in [0.29, 0.717) is 0 Å². The van der Waals surface area contributed by atoms with Crippen LogP contribution in [0.15, 0.2) is 66.9 Å². The van der Waals surface area contributed by atoms with Crippen LogP contribution in [-0.2, 0) is 0 Å². The number of nitrogens with zero attached hydrogens (tertiary/aromatic N) is 2. The van der Waals surface area contributed by atoms with Crippen molar-refractivity contribution in [3.63, 3.8) is 0 Å². The largest absolute Gasteiger partial charge is 0.458 e. The summed E-state index contributed by atoms with van der Waals surface area (Å²) in [6.07, 6.45) is 1.95. The van der Waals surface area contributed by atoms with Gasteiger partial charge >= 0.3 is 0 Å². The van der Waals surface area contributed by atoms with Crippen molar-refractivity contribution in [2.45, 2.75) is 13.8 Å². The highest BCUT2D eigenvalue weighted by molar-refractivity contribution is 7.00. The standard InChI is InChI=1S/C25H17BN2O2/c1-14-12-22(27-13-15(14)2)28-16-6-3-8-18-23(16)26-24-17(28)7-4-9-19(24)30-21-11-5-10-20(29-18)25(21)26/h3-13H,1-2H3. The van der Waals surface area contributed by atoms with Gasteiger partial charge in [-0.05, 0) is 78.4 Å². The molecule has 4 heterocycles. The zero-order valence-electron chi connectivity index (χ0n) is 16.6. The molecule has 30 heavy (non-hydrogen) atoms. The first-order valence-electron chi connectivity index (χ1n) is 10.2. The van der Waals surface area contributed by atoms with Gasteiger partial charge in [-0.1, -0.05) is 18.2 Å². The van der Waals surface area contributed by atoms with Crippen molar-refractivity contribution in [2.24, 2.45) is 0 Å². The van der Waals surface area contributed by atoms with Gasteiger partial charge < -0.3 is 9.47 Å². The molecule has 0 saturated heterocycles. The van der Waals surface area contributed by atoms with E-state index < -0.39 is 0 Å². The molecule has 0 bridgehead atoms. The van der Waals surface area contributed by atoms with E-state index in [0.717, 1.165) is 45.7 Å². The summed E-state index contributed by atoms with van der Waals surface area (Å²) in [6, 6.07) is 20.8. The molecule has 0 fully saturated rings. The van der Waals surface area contributed by atoms with E-state index in [1.165, 1.54) is 22.1 Å². The number of anilines is 3. The van der Waals surface area contributed by atoms with Gasteiger partial charge in [0.2, 0.25) is 0 Å². The minimum absolute atomic E-state index is 0.0962. The zero-order valence-corrected chi connectivity index (χ0v) is 16.6. The van der Waals surface area contributed by atoms with Crippen molar-refractivity contribution in [3.8, 4) is 23.0 Å². The first-order chi connectivity index (χ1) is 14.7. The van der Waals surface area contributed by atoms with Gasteiger partial charge in [0.15, 0.2) is 0 Å². The van der Waals surface area contributed by atoms with Gasteiger partial charge in [0.25, 0.3) is 6.71 Å². The van der Waals surface area contributed by atoms with Crippen LogP contribution in [-0.4, -0.2) is 11.7 Å². The molecule has 142 valence electrons. The molecule has 0 aliphatic carbocycles. The molecule has 0 unspecified atom stereocenters. The van der Waals surface area contributed by atoms with Crippen LogP contribution < -0.4 is 30.8 Å². The fourth-order valence-corrected chi connectivity index (χ4v) is 4.98. The Kier molecular flexibility index (Phi) is 2.93. The van der Waals surface area contributed by atoms with Gasteiger partial charge in [-0.15, -0.1) is 0 Å². The van der Waals surface area contributed by atoms with E-state index in [1.54, 1.807) is 0 Å². The number of hydrogen-bond acceptors (Lipinski definition) is 4. The molecule has 0 radical (unpaired) electrons. The van der Waals surface area contributed by atoms with Crippen LogP contribution in [0.3, 0.4) is 0 Å². The SMILES string of the molecule is Cc1cnc(N2c3cccc4c3B3c5c(cccc5Oc5cccc2c53)O4)cc1C. The summed E-state index contributed by atoms with van der Waals surface area (Å²) in [4.78, 5) is 7.04. The Hall–Kier alpha value is -3.73. The molecule has 5 heteroatoms. The first-order valence-corrected chi connectivity index (χ1v) is 10.2. The molecule has 4 aromatic rings. The molecular weight excluding hydrogens is 371 g/mol. The molecule has 7 rings (SSSR count). The van der Waals surface area contributed by atoms with Crippen LogP contribution in [0.4, 0.5) is 17.2 Å². The van der Waals surface area contributed by atoms with Crippen molar-refractivity contribution in [1.82, 2.24) is 4.98 Å². The maximum absolute atomic E-state index is 6.35. The van der Waals surface area contributed by atoms with Crippen LogP contribution in [0.25, 0.3) is 0 Å². The number of rotatable bonds is 1. The van der Waals surface area contributed by atoms with E-state index in [-0.39, 0.29) is 6.71 Å². The third-order valence-corrected chi connectivity index (χ3v) is 6.49. The molecule has 3 aliphatic heterocycles. The third-order valence-electron chi connectivity index (χ3n) is 6.49. The second-order valence-electron chi connectivity index (χ2n) is 8.15. The Bertz CT molecular complexity index is 1320. The maximum atomic E-state index is 6.35. The Labute approximate surface area is 174 Å². The molecule has 3 aromatic carbocycles. The average molecular weight is 388 g/mol. The summed E-state index contributed by atoms with van der Waals surface area (Å²) in [5.74, 6) is 4.46. The zero-order chi connectivity index (χ0) is 20.0. The van der Waals surface area contributed by atoms with Gasteiger partial charge in [0.1, 0.15) is 28.8 Å². The predicted octanol–water partition coefficient (Wildman–Crippen LogP) is 4.21. The number of benzene rings is 3. The minimum atomic E-state index is 0.0962. The molecule has 0 spiro atoms. The first kappa shape index (κ1) is 16.1. The average Bonchev–Trinajstić information content (AvgIpc) is 2.76. The highest BCUT2D eigenvalue weighted by atomic mass is 16.5. The summed E-state index contributed by atoms with van der Waals surface area (Å²) in [5, 5.41) is 0. The summed E-state index contributed by atoms with van der Waals surface area (Å²) < 4.78 is 12.7. The summed E-state index contributed by atoms with van der Waals surface area (Å²) in [7, 11) is 0. The van der Waals surface area contributed by atoms with E-state index in [4.69, 9.17) is 14.5 Å². The van der Waals surface area contributed by atoms with Crippen LogP contribution in [0.2, 0.25) is 0 Å². The van der Waals surface area contributed by atoms with Crippen molar-refractivity contribution < 1.29 is 9.47 Å². The number of aryl methyl sites for hydroxylation is 2. The molecule has 0 amide bonds.